The third-order valence-electron chi connectivity index (χ3n) is 2.17. The molecule has 1 aromatic carbocycles. The van der Waals surface area contributed by atoms with Crippen molar-refractivity contribution in [1.82, 2.24) is 5.32 Å². The second-order valence-corrected chi connectivity index (χ2v) is 5.17. The summed E-state index contributed by atoms with van der Waals surface area (Å²) in [5.41, 5.74) is 1.06. The Bertz CT molecular complexity index is 433. The minimum absolute atomic E-state index is 0.200. The number of carbonyl (C=O) groups excluding carboxylic acids is 1. The Hall–Kier alpha value is -1.71. The molecule has 0 heterocycles. The molecule has 0 aliphatic rings. The van der Waals surface area contributed by atoms with Gasteiger partial charge in [-0.15, -0.1) is 0 Å². The van der Waals surface area contributed by atoms with Gasteiger partial charge in [-0.1, -0.05) is 0 Å². The van der Waals surface area contributed by atoms with Gasteiger partial charge in [0.25, 0.3) is 0 Å². The highest BCUT2D eigenvalue weighted by Crippen LogP contribution is 2.26. The van der Waals surface area contributed by atoms with Gasteiger partial charge in [0, 0.05) is 5.54 Å². The first-order valence-electron chi connectivity index (χ1n) is 5.49. The van der Waals surface area contributed by atoms with E-state index in [1.54, 1.807) is 26.0 Å². The summed E-state index contributed by atoms with van der Waals surface area (Å²) < 4.78 is 5.20. The van der Waals surface area contributed by atoms with Crippen LogP contribution in [0.3, 0.4) is 0 Å². The molecule has 0 aromatic heterocycles. The topological polar surface area (TPSA) is 58.6 Å². The molecule has 0 radical (unpaired) electrons. The number of hydrogen-bond donors (Lipinski definition) is 2. The van der Waals surface area contributed by atoms with Crippen LogP contribution in [0.15, 0.2) is 12.1 Å². The largest absolute Gasteiger partial charge is 0.508 e. The highest BCUT2D eigenvalue weighted by Gasteiger charge is 2.16. The minimum Gasteiger partial charge on any atom is -0.508 e. The Kier molecular flexibility index (Phi) is 3.66. The highest BCUT2D eigenvalue weighted by molar-refractivity contribution is 5.71. The maximum atomic E-state index is 11.6. The van der Waals surface area contributed by atoms with E-state index in [0.29, 0.717) is 11.3 Å². The van der Waals surface area contributed by atoms with Gasteiger partial charge in [-0.2, -0.15) is 0 Å². The lowest BCUT2D eigenvalue weighted by molar-refractivity contribution is 0.190. The molecular weight excluding hydrogens is 218 g/mol. The van der Waals surface area contributed by atoms with Gasteiger partial charge >= 0.3 is 6.09 Å². The first kappa shape index (κ1) is 13.4. The molecule has 1 aromatic rings. The van der Waals surface area contributed by atoms with Gasteiger partial charge < -0.3 is 15.2 Å². The molecule has 1 rings (SSSR count). The SMILES string of the molecule is Cc1cc(OC(=O)NC(C)(C)C)c(C)cc1O. The summed E-state index contributed by atoms with van der Waals surface area (Å²) in [5, 5.41) is 12.2. The van der Waals surface area contributed by atoms with Crippen molar-refractivity contribution in [2.75, 3.05) is 0 Å². The standard InChI is InChI=1S/C13H19NO3/c1-8-7-11(9(2)6-10(8)15)17-12(16)14-13(3,4)5/h6-7,15H,1-5H3,(H,14,16). The van der Waals surface area contributed by atoms with Crippen LogP contribution in [0.5, 0.6) is 11.5 Å². The molecule has 2 N–H and O–H groups in total. The first-order chi connectivity index (χ1) is 7.69. The van der Waals surface area contributed by atoms with Crippen LogP contribution in [0.4, 0.5) is 4.79 Å². The Morgan fingerprint density at radius 3 is 2.35 bits per heavy atom. The van der Waals surface area contributed by atoms with Crippen molar-refractivity contribution < 1.29 is 14.6 Å². The number of nitrogens with one attached hydrogen (secondary N) is 1. The third-order valence-corrected chi connectivity index (χ3v) is 2.17. The molecule has 94 valence electrons. The van der Waals surface area contributed by atoms with Gasteiger partial charge in [0.15, 0.2) is 0 Å². The van der Waals surface area contributed by atoms with Crippen molar-refractivity contribution in [3.8, 4) is 11.5 Å². The second-order valence-electron chi connectivity index (χ2n) is 5.17. The summed E-state index contributed by atoms with van der Waals surface area (Å²) in [6.07, 6.45) is -0.495. The van der Waals surface area contributed by atoms with E-state index in [4.69, 9.17) is 4.74 Å². The lowest BCUT2D eigenvalue weighted by Gasteiger charge is -2.20. The number of aryl methyl sites for hydroxylation is 2. The van der Waals surface area contributed by atoms with Gasteiger partial charge in [-0.3, -0.25) is 0 Å². The summed E-state index contributed by atoms with van der Waals surface area (Å²) in [5.74, 6) is 0.660. The number of phenols is 1. The number of hydrogen-bond acceptors (Lipinski definition) is 3. The quantitative estimate of drug-likeness (QED) is 0.789. The normalized spacial score (nSPS) is 11.1. The van der Waals surface area contributed by atoms with E-state index in [1.165, 1.54) is 0 Å². The van der Waals surface area contributed by atoms with E-state index < -0.39 is 6.09 Å². The summed E-state index contributed by atoms with van der Waals surface area (Å²) in [4.78, 5) is 11.6. The summed E-state index contributed by atoms with van der Waals surface area (Å²) >= 11 is 0. The number of rotatable bonds is 1. The maximum Gasteiger partial charge on any atom is 0.413 e. The Balaban J connectivity index is 2.82. The molecular formula is C13H19NO3. The average molecular weight is 237 g/mol. The molecule has 1 amide bonds. The zero-order valence-electron chi connectivity index (χ0n) is 10.9. The number of ether oxygens (including phenoxy) is 1. The van der Waals surface area contributed by atoms with Crippen LogP contribution < -0.4 is 10.1 Å². The monoisotopic (exact) mass is 237 g/mol. The molecule has 4 nitrogen and oxygen atoms in total. The van der Waals surface area contributed by atoms with E-state index in [-0.39, 0.29) is 11.3 Å². The Morgan fingerprint density at radius 1 is 1.24 bits per heavy atom. The molecule has 0 aliphatic heterocycles. The van der Waals surface area contributed by atoms with Crippen molar-refractivity contribution in [1.29, 1.82) is 0 Å². The number of aromatic hydroxyl groups is 1. The van der Waals surface area contributed by atoms with Crippen molar-refractivity contribution in [3.05, 3.63) is 23.3 Å². The second kappa shape index (κ2) is 4.65. The smallest absolute Gasteiger partial charge is 0.413 e. The number of benzene rings is 1. The van der Waals surface area contributed by atoms with Crippen LogP contribution in [-0.2, 0) is 0 Å². The Morgan fingerprint density at radius 2 is 1.82 bits per heavy atom. The fraction of sp³-hybridized carbons (Fsp3) is 0.462. The number of carbonyl (C=O) groups is 1. The molecule has 0 fully saturated rings. The van der Waals surface area contributed by atoms with Crippen LogP contribution in [0.2, 0.25) is 0 Å². The first-order valence-corrected chi connectivity index (χ1v) is 5.49. The fourth-order valence-electron chi connectivity index (χ4n) is 1.32. The van der Waals surface area contributed by atoms with Crippen molar-refractivity contribution in [2.24, 2.45) is 0 Å². The third kappa shape index (κ3) is 3.98. The van der Waals surface area contributed by atoms with Gasteiger partial charge in [-0.05, 0) is 57.9 Å². The molecule has 0 bridgehead atoms. The lowest BCUT2D eigenvalue weighted by atomic mass is 10.1. The van der Waals surface area contributed by atoms with Crippen LogP contribution in [0.25, 0.3) is 0 Å². The Labute approximate surface area is 102 Å². The average Bonchev–Trinajstić information content (AvgIpc) is 2.11. The molecule has 17 heavy (non-hydrogen) atoms. The lowest BCUT2D eigenvalue weighted by Crippen LogP contribution is -2.42. The summed E-state index contributed by atoms with van der Waals surface area (Å²) in [6.45, 7) is 9.16. The molecule has 0 saturated carbocycles. The molecule has 0 atom stereocenters. The van der Waals surface area contributed by atoms with Gasteiger partial charge in [0.1, 0.15) is 11.5 Å². The van der Waals surface area contributed by atoms with Crippen molar-refractivity contribution in [3.63, 3.8) is 0 Å². The van der Waals surface area contributed by atoms with E-state index in [9.17, 15) is 9.90 Å². The molecule has 4 heteroatoms. The summed E-state index contributed by atoms with van der Waals surface area (Å²) in [6, 6.07) is 3.22. The van der Waals surface area contributed by atoms with Crippen molar-refractivity contribution >= 4 is 6.09 Å². The van der Waals surface area contributed by atoms with E-state index in [2.05, 4.69) is 5.32 Å². The van der Waals surface area contributed by atoms with Crippen LogP contribution in [0.1, 0.15) is 31.9 Å². The maximum absolute atomic E-state index is 11.6. The molecule has 0 unspecified atom stereocenters. The predicted octanol–water partition coefficient (Wildman–Crippen LogP) is 2.90. The van der Waals surface area contributed by atoms with Gasteiger partial charge in [-0.25, -0.2) is 4.79 Å². The number of amides is 1. The summed E-state index contributed by atoms with van der Waals surface area (Å²) in [7, 11) is 0. The zero-order valence-corrected chi connectivity index (χ0v) is 10.9. The molecule has 0 saturated heterocycles. The van der Waals surface area contributed by atoms with E-state index in [0.717, 1.165) is 5.56 Å². The van der Waals surface area contributed by atoms with Crippen LogP contribution in [0, 0.1) is 13.8 Å². The van der Waals surface area contributed by atoms with Gasteiger partial charge in [0.2, 0.25) is 0 Å². The van der Waals surface area contributed by atoms with E-state index in [1.807, 2.05) is 20.8 Å². The van der Waals surface area contributed by atoms with Crippen LogP contribution >= 0.6 is 0 Å². The fourth-order valence-corrected chi connectivity index (χ4v) is 1.32. The van der Waals surface area contributed by atoms with Gasteiger partial charge in [0.05, 0.1) is 0 Å². The molecule has 0 spiro atoms. The van der Waals surface area contributed by atoms with Crippen molar-refractivity contribution in [2.45, 2.75) is 40.2 Å². The predicted molar refractivity (Wildman–Crippen MR) is 66.5 cm³/mol. The minimum atomic E-state index is -0.495. The number of phenolic OH excluding ortho intramolecular Hbond substituents is 1. The molecule has 0 aliphatic carbocycles. The zero-order chi connectivity index (χ0) is 13.2. The van der Waals surface area contributed by atoms with Crippen LogP contribution in [-0.4, -0.2) is 16.7 Å². The van der Waals surface area contributed by atoms with E-state index >= 15 is 0 Å². The highest BCUT2D eigenvalue weighted by atomic mass is 16.6.